The predicted molar refractivity (Wildman–Crippen MR) is 71.0 cm³/mol. The van der Waals surface area contributed by atoms with Gasteiger partial charge in [-0.2, -0.15) is 0 Å². The lowest BCUT2D eigenvalue weighted by atomic mass is 10.1. The molecule has 1 heterocycles. The van der Waals surface area contributed by atoms with Crippen LogP contribution in [0.5, 0.6) is 0 Å². The van der Waals surface area contributed by atoms with Gasteiger partial charge in [0.2, 0.25) is 0 Å². The Balaban J connectivity index is 1.90. The Morgan fingerprint density at radius 2 is 2.26 bits per heavy atom. The second-order valence-corrected chi connectivity index (χ2v) is 4.68. The number of nitrogens with one attached hydrogen (secondary N) is 2. The van der Waals surface area contributed by atoms with Crippen molar-refractivity contribution < 1.29 is 9.72 Å². The maximum atomic E-state index is 11.9. The Labute approximate surface area is 111 Å². The van der Waals surface area contributed by atoms with Crippen LogP contribution in [0.4, 0.5) is 5.69 Å². The summed E-state index contributed by atoms with van der Waals surface area (Å²) in [6.07, 6.45) is 2.03. The first kappa shape index (κ1) is 13.5. The molecule has 6 nitrogen and oxygen atoms in total. The normalized spacial score (nSPS) is 18.2. The largest absolute Gasteiger partial charge is 0.352 e. The van der Waals surface area contributed by atoms with Gasteiger partial charge in [-0.1, -0.05) is 12.1 Å². The van der Waals surface area contributed by atoms with Gasteiger partial charge in [-0.3, -0.25) is 14.9 Å². The molecule has 1 unspecified atom stereocenters. The Hall–Kier alpha value is -1.95. The molecule has 0 bridgehead atoms. The van der Waals surface area contributed by atoms with E-state index in [1.54, 1.807) is 12.1 Å². The molecule has 1 saturated heterocycles. The number of nitro groups is 1. The Morgan fingerprint density at radius 3 is 2.95 bits per heavy atom. The molecule has 0 aromatic heterocycles. The molecule has 2 N–H and O–H groups in total. The number of nitrogens with zero attached hydrogens (tertiary/aromatic N) is 1. The highest BCUT2D eigenvalue weighted by Crippen LogP contribution is 2.17. The number of carbonyl (C=O) groups is 1. The second-order valence-electron chi connectivity index (χ2n) is 4.68. The molecule has 1 aromatic rings. The van der Waals surface area contributed by atoms with Crippen LogP contribution >= 0.6 is 0 Å². The lowest BCUT2D eigenvalue weighted by Gasteiger charge is -2.09. The molecule has 102 valence electrons. The molecule has 1 fully saturated rings. The fourth-order valence-electron chi connectivity index (χ4n) is 2.27. The molecule has 0 saturated carbocycles. The molecule has 19 heavy (non-hydrogen) atoms. The number of rotatable bonds is 5. The van der Waals surface area contributed by atoms with Gasteiger partial charge in [0.1, 0.15) is 5.56 Å². The van der Waals surface area contributed by atoms with Gasteiger partial charge in [0, 0.05) is 12.6 Å². The molecule has 1 amide bonds. The van der Waals surface area contributed by atoms with Gasteiger partial charge in [-0.05, 0) is 37.9 Å². The summed E-state index contributed by atoms with van der Waals surface area (Å²) < 4.78 is 0. The van der Waals surface area contributed by atoms with Gasteiger partial charge in [-0.25, -0.2) is 0 Å². The molecule has 1 atom stereocenters. The van der Waals surface area contributed by atoms with Crippen LogP contribution in [0.3, 0.4) is 0 Å². The lowest BCUT2D eigenvalue weighted by Crippen LogP contribution is -2.27. The second kappa shape index (κ2) is 6.29. The maximum Gasteiger partial charge on any atom is 0.282 e. The first-order valence-corrected chi connectivity index (χ1v) is 6.41. The van der Waals surface area contributed by atoms with E-state index in [0.717, 1.165) is 25.9 Å². The monoisotopic (exact) mass is 263 g/mol. The first-order chi connectivity index (χ1) is 9.18. The van der Waals surface area contributed by atoms with E-state index in [9.17, 15) is 14.9 Å². The Morgan fingerprint density at radius 1 is 1.47 bits per heavy atom. The van der Waals surface area contributed by atoms with Gasteiger partial charge >= 0.3 is 0 Å². The van der Waals surface area contributed by atoms with Crippen LogP contribution in [0.1, 0.15) is 23.2 Å². The molecule has 1 aromatic carbocycles. The van der Waals surface area contributed by atoms with Crippen molar-refractivity contribution in [3.8, 4) is 0 Å². The Bertz CT molecular complexity index is 470. The zero-order valence-corrected chi connectivity index (χ0v) is 10.6. The molecule has 1 aliphatic heterocycles. The van der Waals surface area contributed by atoms with Crippen molar-refractivity contribution in [3.63, 3.8) is 0 Å². The summed E-state index contributed by atoms with van der Waals surface area (Å²) in [4.78, 5) is 22.2. The highest BCUT2D eigenvalue weighted by Gasteiger charge is 2.19. The number of amides is 1. The summed E-state index contributed by atoms with van der Waals surface area (Å²) in [7, 11) is 0. The minimum absolute atomic E-state index is 0.122. The summed E-state index contributed by atoms with van der Waals surface area (Å²) >= 11 is 0. The van der Waals surface area contributed by atoms with Gasteiger partial charge in [0.25, 0.3) is 11.6 Å². The molecule has 0 radical (unpaired) electrons. The van der Waals surface area contributed by atoms with Gasteiger partial charge in [0.05, 0.1) is 4.92 Å². The fraction of sp³-hybridized carbons (Fsp3) is 0.462. The van der Waals surface area contributed by atoms with E-state index in [2.05, 4.69) is 10.6 Å². The minimum atomic E-state index is -0.532. The number of benzene rings is 1. The molecule has 0 aliphatic carbocycles. The standard InChI is InChI=1S/C13H17N3O3/c17-13(15-8-6-10-5-7-14-9-10)11-3-1-2-4-12(11)16(18)19/h1-4,10,14H,5-9H2,(H,15,17). The highest BCUT2D eigenvalue weighted by atomic mass is 16.6. The average Bonchev–Trinajstić information content (AvgIpc) is 2.91. The summed E-state index contributed by atoms with van der Waals surface area (Å²) in [5.74, 6) is 0.212. The third-order valence-corrected chi connectivity index (χ3v) is 3.35. The summed E-state index contributed by atoms with van der Waals surface area (Å²) in [5.41, 5.74) is -0.0282. The fourth-order valence-corrected chi connectivity index (χ4v) is 2.27. The SMILES string of the molecule is O=C(NCCC1CCNC1)c1ccccc1[N+](=O)[O-]. The van der Waals surface area contributed by atoms with Crippen LogP contribution in [0.25, 0.3) is 0 Å². The average molecular weight is 263 g/mol. The maximum absolute atomic E-state index is 11.9. The van der Waals surface area contributed by atoms with Crippen molar-refractivity contribution in [2.24, 2.45) is 5.92 Å². The van der Waals surface area contributed by atoms with Crippen LogP contribution in [-0.4, -0.2) is 30.5 Å². The minimum Gasteiger partial charge on any atom is -0.352 e. The van der Waals surface area contributed by atoms with Crippen molar-refractivity contribution in [1.82, 2.24) is 10.6 Å². The first-order valence-electron chi connectivity index (χ1n) is 6.41. The number of para-hydroxylation sites is 1. The lowest BCUT2D eigenvalue weighted by molar-refractivity contribution is -0.385. The third-order valence-electron chi connectivity index (χ3n) is 3.35. The molecule has 6 heteroatoms. The van der Waals surface area contributed by atoms with E-state index in [1.165, 1.54) is 12.1 Å². The van der Waals surface area contributed by atoms with Crippen molar-refractivity contribution in [2.75, 3.05) is 19.6 Å². The third kappa shape index (κ3) is 3.51. The number of hydrogen-bond acceptors (Lipinski definition) is 4. The molecule has 0 spiro atoms. The van der Waals surface area contributed by atoms with Crippen LogP contribution in [0.15, 0.2) is 24.3 Å². The number of nitro benzene ring substituents is 1. The van der Waals surface area contributed by atoms with Crippen LogP contribution in [0.2, 0.25) is 0 Å². The zero-order chi connectivity index (χ0) is 13.7. The van der Waals surface area contributed by atoms with Crippen molar-refractivity contribution in [1.29, 1.82) is 0 Å². The smallest absolute Gasteiger partial charge is 0.282 e. The van der Waals surface area contributed by atoms with E-state index >= 15 is 0 Å². The van der Waals surface area contributed by atoms with Crippen LogP contribution in [0, 0.1) is 16.0 Å². The zero-order valence-electron chi connectivity index (χ0n) is 10.6. The molecule has 2 rings (SSSR count). The van der Waals surface area contributed by atoms with E-state index in [-0.39, 0.29) is 17.2 Å². The van der Waals surface area contributed by atoms with E-state index in [4.69, 9.17) is 0 Å². The molecule has 1 aliphatic rings. The van der Waals surface area contributed by atoms with Crippen LogP contribution < -0.4 is 10.6 Å². The number of carbonyl (C=O) groups excluding carboxylic acids is 1. The van der Waals surface area contributed by atoms with Crippen molar-refractivity contribution >= 4 is 11.6 Å². The van der Waals surface area contributed by atoms with Gasteiger partial charge in [-0.15, -0.1) is 0 Å². The van der Waals surface area contributed by atoms with Crippen molar-refractivity contribution in [3.05, 3.63) is 39.9 Å². The molecular formula is C13H17N3O3. The Kier molecular flexibility index (Phi) is 4.46. The van der Waals surface area contributed by atoms with E-state index in [0.29, 0.717) is 12.5 Å². The summed E-state index contributed by atoms with van der Waals surface area (Å²) in [6, 6.07) is 6.00. The highest BCUT2D eigenvalue weighted by molar-refractivity contribution is 5.98. The van der Waals surface area contributed by atoms with Crippen molar-refractivity contribution in [2.45, 2.75) is 12.8 Å². The van der Waals surface area contributed by atoms with E-state index in [1.807, 2.05) is 0 Å². The van der Waals surface area contributed by atoms with Gasteiger partial charge < -0.3 is 10.6 Å². The quantitative estimate of drug-likeness (QED) is 0.620. The number of hydrogen-bond donors (Lipinski definition) is 2. The van der Waals surface area contributed by atoms with Gasteiger partial charge in [0.15, 0.2) is 0 Å². The molecular weight excluding hydrogens is 246 g/mol. The topological polar surface area (TPSA) is 84.3 Å². The predicted octanol–water partition coefficient (Wildman–Crippen LogP) is 1.32. The van der Waals surface area contributed by atoms with Crippen LogP contribution in [-0.2, 0) is 0 Å². The van der Waals surface area contributed by atoms with E-state index < -0.39 is 4.92 Å². The summed E-state index contributed by atoms with van der Waals surface area (Å²) in [6.45, 7) is 2.57. The summed E-state index contributed by atoms with van der Waals surface area (Å²) in [5, 5.41) is 16.8.